The molecule has 3 heterocycles. The number of sulfonamides is 1. The Kier molecular flexibility index (Phi) is 5.80. The number of imidazole rings is 1. The van der Waals surface area contributed by atoms with Gasteiger partial charge in [-0.05, 0) is 24.3 Å². The number of fused-ring (bicyclic) bond motifs is 1. The molecule has 3 aromatic heterocycles. The minimum atomic E-state index is -4.61. The number of hydrogen-bond acceptors (Lipinski definition) is 6. The molecule has 0 aliphatic heterocycles. The van der Waals surface area contributed by atoms with E-state index in [1.807, 2.05) is 4.72 Å². The quantitative estimate of drug-likeness (QED) is 0.285. The summed E-state index contributed by atoms with van der Waals surface area (Å²) in [6, 6.07) is 5.59. The molecule has 5 rings (SSSR count). The van der Waals surface area contributed by atoms with Crippen molar-refractivity contribution in [3.63, 3.8) is 0 Å². The van der Waals surface area contributed by atoms with Crippen molar-refractivity contribution >= 4 is 38.2 Å². The summed E-state index contributed by atoms with van der Waals surface area (Å²) in [5.74, 6) is -3.39. The van der Waals surface area contributed by atoms with Gasteiger partial charge in [-0.3, -0.25) is 9.82 Å². The molecule has 14 heteroatoms. The molecule has 0 spiro atoms. The lowest BCUT2D eigenvalue weighted by Crippen LogP contribution is -2.17. The first-order chi connectivity index (χ1) is 17.2. The molecule has 0 aliphatic rings. The van der Waals surface area contributed by atoms with Crippen LogP contribution >= 0.6 is 11.6 Å². The van der Waals surface area contributed by atoms with Crippen LogP contribution in [0.2, 0.25) is 5.02 Å². The standard InChI is InChI=1S/C22H14ClF3N6O3S/c1-35-22-15(8-10(23)9-29-22)36(33,34)32-20-14(24)5-4-12(17(20)26)11-2-3-13-18(16(11)25)30-31-19(13)21-27-6-7-28-21/h2-9,32H,1H3,(H,27,28)(H,30,31). The number of methoxy groups -OCH3 is 1. The van der Waals surface area contributed by atoms with Gasteiger partial charge in [0, 0.05) is 35.1 Å². The second-order valence-electron chi connectivity index (χ2n) is 7.41. The van der Waals surface area contributed by atoms with E-state index in [0.717, 1.165) is 24.4 Å². The fourth-order valence-corrected chi connectivity index (χ4v) is 5.07. The van der Waals surface area contributed by atoms with Crippen molar-refractivity contribution in [2.45, 2.75) is 4.90 Å². The smallest absolute Gasteiger partial charge is 0.267 e. The van der Waals surface area contributed by atoms with Crippen molar-refractivity contribution in [2.75, 3.05) is 11.8 Å². The van der Waals surface area contributed by atoms with Crippen molar-refractivity contribution in [2.24, 2.45) is 0 Å². The Morgan fingerprint density at radius 3 is 2.53 bits per heavy atom. The van der Waals surface area contributed by atoms with Crippen LogP contribution in [0.5, 0.6) is 5.88 Å². The van der Waals surface area contributed by atoms with E-state index in [1.165, 1.54) is 25.4 Å². The lowest BCUT2D eigenvalue weighted by molar-refractivity contribution is 0.385. The highest BCUT2D eigenvalue weighted by atomic mass is 35.5. The maximum atomic E-state index is 15.5. The molecule has 9 nitrogen and oxygen atoms in total. The van der Waals surface area contributed by atoms with Crippen LogP contribution in [0.4, 0.5) is 18.9 Å². The van der Waals surface area contributed by atoms with Crippen LogP contribution in [0.1, 0.15) is 0 Å². The van der Waals surface area contributed by atoms with Gasteiger partial charge < -0.3 is 9.72 Å². The summed E-state index contributed by atoms with van der Waals surface area (Å²) >= 11 is 5.84. The molecular weight excluding hydrogens is 521 g/mol. The van der Waals surface area contributed by atoms with E-state index in [2.05, 4.69) is 25.1 Å². The molecular formula is C22H14ClF3N6O3S. The first-order valence-electron chi connectivity index (χ1n) is 10.1. The van der Waals surface area contributed by atoms with Crippen LogP contribution in [0, 0.1) is 17.5 Å². The average molecular weight is 535 g/mol. The van der Waals surface area contributed by atoms with E-state index < -0.39 is 38.1 Å². The number of nitrogens with one attached hydrogen (secondary N) is 3. The largest absolute Gasteiger partial charge is 0.480 e. The number of benzene rings is 2. The zero-order valence-corrected chi connectivity index (χ0v) is 19.7. The third-order valence-corrected chi connectivity index (χ3v) is 6.84. The second-order valence-corrected chi connectivity index (χ2v) is 9.50. The molecule has 0 aliphatic carbocycles. The number of aromatic nitrogens is 5. The lowest BCUT2D eigenvalue weighted by Gasteiger charge is -2.14. The number of ether oxygens (including phenoxy) is 1. The van der Waals surface area contributed by atoms with Crippen molar-refractivity contribution in [1.82, 2.24) is 25.1 Å². The van der Waals surface area contributed by atoms with Crippen molar-refractivity contribution in [1.29, 1.82) is 0 Å². The molecule has 0 amide bonds. The molecule has 0 saturated heterocycles. The highest BCUT2D eigenvalue weighted by Crippen LogP contribution is 2.37. The van der Waals surface area contributed by atoms with Crippen LogP contribution in [0.15, 0.2) is 53.8 Å². The second kappa shape index (κ2) is 8.84. The summed E-state index contributed by atoms with van der Waals surface area (Å²) < 4.78 is 78.1. The molecule has 0 bridgehead atoms. The average Bonchev–Trinajstić information content (AvgIpc) is 3.53. The van der Waals surface area contributed by atoms with Gasteiger partial charge in [0.2, 0.25) is 5.88 Å². The molecule has 36 heavy (non-hydrogen) atoms. The summed E-state index contributed by atoms with van der Waals surface area (Å²) in [4.78, 5) is 10.1. The zero-order chi connectivity index (χ0) is 25.6. The third-order valence-electron chi connectivity index (χ3n) is 5.28. The van der Waals surface area contributed by atoms with E-state index in [9.17, 15) is 12.8 Å². The van der Waals surface area contributed by atoms with Gasteiger partial charge in [-0.15, -0.1) is 0 Å². The monoisotopic (exact) mass is 534 g/mol. The Balaban J connectivity index is 1.60. The zero-order valence-electron chi connectivity index (χ0n) is 18.1. The summed E-state index contributed by atoms with van der Waals surface area (Å²) in [6.07, 6.45) is 4.23. The van der Waals surface area contributed by atoms with Crippen molar-refractivity contribution in [3.05, 3.63) is 71.4 Å². The first kappa shape index (κ1) is 23.6. The SMILES string of the molecule is COc1ncc(Cl)cc1S(=O)(=O)Nc1c(F)ccc(-c2ccc3c(-c4ncc[nH]4)n[nH]c3c2F)c1F. The molecule has 3 N–H and O–H groups in total. The number of halogens is 4. The summed E-state index contributed by atoms with van der Waals surface area (Å²) in [5.41, 5.74) is -1.36. The number of anilines is 1. The fraction of sp³-hybridized carbons (Fsp3) is 0.0455. The van der Waals surface area contributed by atoms with Crippen molar-refractivity contribution in [3.8, 4) is 28.5 Å². The minimum Gasteiger partial charge on any atom is -0.480 e. The van der Waals surface area contributed by atoms with Crippen LogP contribution in [-0.2, 0) is 10.0 Å². The van der Waals surface area contributed by atoms with E-state index in [4.69, 9.17) is 16.3 Å². The maximum Gasteiger partial charge on any atom is 0.267 e. The van der Waals surface area contributed by atoms with E-state index in [1.54, 1.807) is 6.20 Å². The van der Waals surface area contributed by atoms with E-state index in [-0.39, 0.29) is 27.5 Å². The van der Waals surface area contributed by atoms with Gasteiger partial charge in [-0.2, -0.15) is 5.10 Å². The topological polar surface area (TPSA) is 126 Å². The van der Waals surface area contributed by atoms with Crippen LogP contribution in [0.3, 0.4) is 0 Å². The van der Waals surface area contributed by atoms with Gasteiger partial charge in [0.05, 0.1) is 12.1 Å². The lowest BCUT2D eigenvalue weighted by atomic mass is 10.0. The van der Waals surface area contributed by atoms with E-state index in [0.29, 0.717) is 16.9 Å². The van der Waals surface area contributed by atoms with Gasteiger partial charge in [0.15, 0.2) is 22.4 Å². The maximum absolute atomic E-state index is 15.5. The Bertz CT molecular complexity index is 1730. The summed E-state index contributed by atoms with van der Waals surface area (Å²) in [5, 5.41) is 6.94. The predicted octanol–water partition coefficient (Wildman–Crippen LogP) is 4.90. The summed E-state index contributed by atoms with van der Waals surface area (Å²) in [6.45, 7) is 0. The number of rotatable bonds is 6. The number of H-pyrrole nitrogens is 2. The molecule has 0 radical (unpaired) electrons. The molecule has 0 atom stereocenters. The van der Waals surface area contributed by atoms with Gasteiger partial charge in [-0.25, -0.2) is 31.6 Å². The first-order valence-corrected chi connectivity index (χ1v) is 11.9. The Morgan fingerprint density at radius 1 is 1.06 bits per heavy atom. The fourth-order valence-electron chi connectivity index (χ4n) is 3.64. The molecule has 0 unspecified atom stereocenters. The number of pyridine rings is 1. The van der Waals surface area contributed by atoms with Crippen LogP contribution in [0.25, 0.3) is 33.5 Å². The molecule has 184 valence electrons. The predicted molar refractivity (Wildman–Crippen MR) is 126 cm³/mol. The number of hydrogen-bond donors (Lipinski definition) is 3. The van der Waals surface area contributed by atoms with E-state index >= 15 is 8.78 Å². The Labute approximate surface area is 206 Å². The van der Waals surface area contributed by atoms with Crippen LogP contribution in [-0.4, -0.2) is 40.7 Å². The van der Waals surface area contributed by atoms with Gasteiger partial charge in [0.25, 0.3) is 10.0 Å². The number of aromatic amines is 2. The van der Waals surface area contributed by atoms with Crippen molar-refractivity contribution < 1.29 is 26.3 Å². The molecule has 5 aromatic rings. The molecule has 2 aromatic carbocycles. The highest BCUT2D eigenvalue weighted by molar-refractivity contribution is 7.92. The summed E-state index contributed by atoms with van der Waals surface area (Å²) in [7, 11) is -3.44. The van der Waals surface area contributed by atoms with Gasteiger partial charge in [-0.1, -0.05) is 17.7 Å². The molecule has 0 fully saturated rings. The highest BCUT2D eigenvalue weighted by Gasteiger charge is 2.27. The van der Waals surface area contributed by atoms with Gasteiger partial charge >= 0.3 is 0 Å². The van der Waals surface area contributed by atoms with Crippen LogP contribution < -0.4 is 9.46 Å². The third kappa shape index (κ3) is 3.91. The number of nitrogens with zero attached hydrogens (tertiary/aromatic N) is 3. The van der Waals surface area contributed by atoms with Gasteiger partial charge in [0.1, 0.15) is 22.7 Å². The Hall–Kier alpha value is -4.10. The Morgan fingerprint density at radius 2 is 1.81 bits per heavy atom. The minimum absolute atomic E-state index is 0.0421. The molecule has 0 saturated carbocycles. The normalized spacial score (nSPS) is 11.7.